The van der Waals surface area contributed by atoms with Crippen LogP contribution >= 0.6 is 0 Å². The van der Waals surface area contributed by atoms with Crippen molar-refractivity contribution in [2.24, 2.45) is 0 Å². The molecule has 0 aliphatic heterocycles. The van der Waals surface area contributed by atoms with Crippen LogP contribution in [0.25, 0.3) is 10.9 Å². The van der Waals surface area contributed by atoms with Gasteiger partial charge in [-0.25, -0.2) is 4.79 Å². The van der Waals surface area contributed by atoms with Crippen molar-refractivity contribution >= 4 is 28.8 Å². The first-order valence-electron chi connectivity index (χ1n) is 12.6. The van der Waals surface area contributed by atoms with Gasteiger partial charge in [-0.1, -0.05) is 61.9 Å². The Hall–Kier alpha value is -3.81. The first-order valence-corrected chi connectivity index (χ1v) is 12.6. The second-order valence-electron chi connectivity index (χ2n) is 8.65. The molecule has 0 saturated carbocycles. The van der Waals surface area contributed by atoms with Crippen molar-refractivity contribution in [3.63, 3.8) is 0 Å². The van der Waals surface area contributed by atoms with E-state index >= 15 is 0 Å². The fourth-order valence-corrected chi connectivity index (χ4v) is 4.03. The molecule has 0 saturated heterocycles. The highest BCUT2D eigenvalue weighted by molar-refractivity contribution is 5.86. The highest BCUT2D eigenvalue weighted by Crippen LogP contribution is 2.19. The Labute approximate surface area is 212 Å². The molecule has 0 aliphatic rings. The monoisotopic (exact) mass is 492 g/mol. The number of para-hydroxylation sites is 1. The molecule has 3 rings (SSSR count). The molecule has 2 N–H and O–H groups in total. The van der Waals surface area contributed by atoms with E-state index in [9.17, 15) is 14.4 Å². The Morgan fingerprint density at radius 3 is 2.44 bits per heavy atom. The number of nitrogens with one attached hydrogen (secondary N) is 2. The van der Waals surface area contributed by atoms with Crippen molar-refractivity contribution < 1.29 is 19.1 Å². The second-order valence-corrected chi connectivity index (χ2v) is 8.65. The number of carbonyl (C=O) groups excluding carboxylic acids is 3. The van der Waals surface area contributed by atoms with Crippen LogP contribution in [0.1, 0.15) is 37.8 Å². The van der Waals surface area contributed by atoms with E-state index < -0.39 is 12.0 Å². The van der Waals surface area contributed by atoms with Crippen molar-refractivity contribution in [1.29, 1.82) is 0 Å². The fourth-order valence-electron chi connectivity index (χ4n) is 4.03. The second kappa shape index (κ2) is 13.9. The summed E-state index contributed by atoms with van der Waals surface area (Å²) >= 11 is 0. The van der Waals surface area contributed by atoms with E-state index in [0.29, 0.717) is 26.1 Å². The van der Waals surface area contributed by atoms with E-state index in [1.807, 2.05) is 61.7 Å². The number of aromatic nitrogens is 1. The van der Waals surface area contributed by atoms with Gasteiger partial charge in [0.15, 0.2) is 0 Å². The molecule has 8 heteroatoms. The molecule has 2 aromatic carbocycles. The molecular weight excluding hydrogens is 456 g/mol. The number of hydrogen-bond donors (Lipinski definition) is 2. The summed E-state index contributed by atoms with van der Waals surface area (Å²) in [5.41, 5.74) is 3.24. The summed E-state index contributed by atoms with van der Waals surface area (Å²) in [4.78, 5) is 44.5. The molecule has 0 radical (unpaired) electrons. The lowest BCUT2D eigenvalue weighted by Crippen LogP contribution is -2.48. The SMILES string of the molecule is CCCCN(CC(=O)N(CCc1c[nH]c2ccccc12)Cc1ccccc1)C(=O)NCC(=O)OCC. The number of rotatable bonds is 13. The van der Waals surface area contributed by atoms with Gasteiger partial charge in [-0.3, -0.25) is 9.59 Å². The van der Waals surface area contributed by atoms with Crippen molar-refractivity contribution in [1.82, 2.24) is 20.1 Å². The molecule has 0 aliphatic carbocycles. The molecule has 3 amide bonds. The molecule has 0 bridgehead atoms. The number of ether oxygens (including phenoxy) is 1. The number of fused-ring (bicyclic) bond motifs is 1. The van der Waals surface area contributed by atoms with Crippen molar-refractivity contribution in [2.45, 2.75) is 39.7 Å². The average Bonchev–Trinajstić information content (AvgIpc) is 3.31. The third-order valence-electron chi connectivity index (χ3n) is 5.98. The molecule has 0 atom stereocenters. The number of benzene rings is 2. The van der Waals surface area contributed by atoms with E-state index in [2.05, 4.69) is 16.4 Å². The van der Waals surface area contributed by atoms with Gasteiger partial charge in [-0.05, 0) is 37.0 Å². The highest BCUT2D eigenvalue weighted by Gasteiger charge is 2.22. The summed E-state index contributed by atoms with van der Waals surface area (Å²) in [6.07, 6.45) is 4.32. The molecule has 8 nitrogen and oxygen atoms in total. The van der Waals surface area contributed by atoms with Gasteiger partial charge in [0.25, 0.3) is 0 Å². The number of aromatic amines is 1. The smallest absolute Gasteiger partial charge is 0.325 e. The van der Waals surface area contributed by atoms with Gasteiger partial charge in [0.2, 0.25) is 5.91 Å². The third kappa shape index (κ3) is 7.86. The Kier molecular flexibility index (Phi) is 10.4. The zero-order valence-electron chi connectivity index (χ0n) is 21.2. The molecule has 36 heavy (non-hydrogen) atoms. The van der Waals surface area contributed by atoms with Crippen LogP contribution in [0.2, 0.25) is 0 Å². The Bertz CT molecular complexity index is 1130. The predicted molar refractivity (Wildman–Crippen MR) is 140 cm³/mol. The van der Waals surface area contributed by atoms with Crippen LogP contribution in [0.3, 0.4) is 0 Å². The van der Waals surface area contributed by atoms with Crippen molar-refractivity contribution in [3.05, 3.63) is 71.9 Å². The molecule has 1 heterocycles. The molecule has 1 aromatic heterocycles. The van der Waals surface area contributed by atoms with Gasteiger partial charge in [0, 0.05) is 36.7 Å². The summed E-state index contributed by atoms with van der Waals surface area (Å²) in [5, 5.41) is 3.73. The molecule has 0 unspecified atom stereocenters. The summed E-state index contributed by atoms with van der Waals surface area (Å²) in [6, 6.07) is 17.5. The zero-order chi connectivity index (χ0) is 25.8. The number of urea groups is 1. The van der Waals surface area contributed by atoms with Crippen LogP contribution in [-0.4, -0.2) is 65.5 Å². The molecule has 0 fully saturated rings. The van der Waals surface area contributed by atoms with Crippen molar-refractivity contribution in [2.75, 3.05) is 32.8 Å². The minimum atomic E-state index is -0.503. The number of amides is 3. The molecular formula is C28H36N4O4. The molecule has 0 spiro atoms. The van der Waals surface area contributed by atoms with Crippen LogP contribution in [0.4, 0.5) is 4.79 Å². The van der Waals surface area contributed by atoms with Gasteiger partial charge in [0.05, 0.1) is 6.61 Å². The number of nitrogens with zero attached hydrogens (tertiary/aromatic N) is 2. The van der Waals surface area contributed by atoms with E-state index in [4.69, 9.17) is 4.74 Å². The lowest BCUT2D eigenvalue weighted by Gasteiger charge is -2.28. The van der Waals surface area contributed by atoms with Gasteiger partial charge in [0.1, 0.15) is 13.1 Å². The van der Waals surface area contributed by atoms with Gasteiger partial charge >= 0.3 is 12.0 Å². The maximum atomic E-state index is 13.5. The van der Waals surface area contributed by atoms with E-state index in [-0.39, 0.29) is 25.6 Å². The van der Waals surface area contributed by atoms with Crippen LogP contribution in [0.15, 0.2) is 60.8 Å². The number of unbranched alkanes of at least 4 members (excludes halogenated alkanes) is 1. The van der Waals surface area contributed by atoms with Crippen LogP contribution in [-0.2, 0) is 27.3 Å². The Balaban J connectivity index is 1.71. The Morgan fingerprint density at radius 2 is 1.69 bits per heavy atom. The van der Waals surface area contributed by atoms with E-state index in [1.54, 1.807) is 11.8 Å². The standard InChI is InChI=1S/C28H36N4O4/c1-3-5-16-32(28(35)30-19-27(34)36-4-2)21-26(33)31(20-22-11-7-6-8-12-22)17-15-23-18-29-25-14-10-9-13-24(23)25/h6-14,18,29H,3-5,15-17,19-21H2,1-2H3,(H,30,35). The highest BCUT2D eigenvalue weighted by atomic mass is 16.5. The lowest BCUT2D eigenvalue weighted by atomic mass is 10.1. The number of esters is 1. The Morgan fingerprint density at radius 1 is 0.944 bits per heavy atom. The quantitative estimate of drug-likeness (QED) is 0.351. The number of carbonyl (C=O) groups is 3. The summed E-state index contributed by atoms with van der Waals surface area (Å²) in [6.45, 7) is 5.10. The summed E-state index contributed by atoms with van der Waals surface area (Å²) < 4.78 is 4.89. The van der Waals surface area contributed by atoms with Crippen LogP contribution in [0.5, 0.6) is 0 Å². The van der Waals surface area contributed by atoms with E-state index in [0.717, 1.165) is 34.9 Å². The third-order valence-corrected chi connectivity index (χ3v) is 5.98. The van der Waals surface area contributed by atoms with Crippen LogP contribution in [0, 0.1) is 0 Å². The first-order chi connectivity index (χ1) is 17.5. The van der Waals surface area contributed by atoms with E-state index in [1.165, 1.54) is 4.90 Å². The fraction of sp³-hybridized carbons (Fsp3) is 0.393. The van der Waals surface area contributed by atoms with Crippen molar-refractivity contribution in [3.8, 4) is 0 Å². The maximum absolute atomic E-state index is 13.5. The summed E-state index contributed by atoms with van der Waals surface area (Å²) in [5.74, 6) is -0.641. The first kappa shape index (κ1) is 26.8. The largest absolute Gasteiger partial charge is 0.465 e. The molecule has 192 valence electrons. The van der Waals surface area contributed by atoms with Crippen LogP contribution < -0.4 is 5.32 Å². The topological polar surface area (TPSA) is 94.7 Å². The minimum Gasteiger partial charge on any atom is -0.465 e. The number of H-pyrrole nitrogens is 1. The minimum absolute atomic E-state index is 0.0601. The zero-order valence-corrected chi connectivity index (χ0v) is 21.2. The lowest BCUT2D eigenvalue weighted by molar-refractivity contribution is -0.141. The van der Waals surface area contributed by atoms with Gasteiger partial charge in [-0.15, -0.1) is 0 Å². The number of hydrogen-bond acceptors (Lipinski definition) is 4. The predicted octanol–water partition coefficient (Wildman–Crippen LogP) is 4.11. The summed E-state index contributed by atoms with van der Waals surface area (Å²) in [7, 11) is 0. The maximum Gasteiger partial charge on any atom is 0.325 e. The van der Waals surface area contributed by atoms with Gasteiger partial charge < -0.3 is 24.8 Å². The average molecular weight is 493 g/mol. The molecule has 3 aromatic rings. The normalized spacial score (nSPS) is 10.7. The van der Waals surface area contributed by atoms with Gasteiger partial charge in [-0.2, -0.15) is 0 Å².